The highest BCUT2D eigenvalue weighted by Crippen LogP contribution is 2.21. The summed E-state index contributed by atoms with van der Waals surface area (Å²) in [6.07, 6.45) is -0.779. The first-order chi connectivity index (χ1) is 8.99. The Morgan fingerprint density at radius 2 is 2.16 bits per heavy atom. The number of alkyl carbamates (subject to hydrolysis) is 1. The number of imide groups is 1. The van der Waals surface area contributed by atoms with E-state index in [1.165, 1.54) is 18.9 Å². The van der Waals surface area contributed by atoms with E-state index in [1.807, 2.05) is 18.4 Å². The van der Waals surface area contributed by atoms with Gasteiger partial charge in [-0.15, -0.1) is 10.2 Å². The van der Waals surface area contributed by atoms with Crippen molar-refractivity contribution in [2.75, 3.05) is 12.9 Å². The van der Waals surface area contributed by atoms with Gasteiger partial charge < -0.3 is 15.0 Å². The zero-order chi connectivity index (χ0) is 14.4. The number of nitrogens with zero attached hydrogens (tertiary/aromatic N) is 3. The third kappa shape index (κ3) is 4.21. The Morgan fingerprint density at radius 1 is 1.47 bits per heavy atom. The van der Waals surface area contributed by atoms with Gasteiger partial charge in [0, 0.05) is 6.04 Å². The molecular formula is C10H17N5O3S. The van der Waals surface area contributed by atoms with Crippen LogP contribution in [0.2, 0.25) is 0 Å². The van der Waals surface area contributed by atoms with E-state index in [1.54, 1.807) is 0 Å². The van der Waals surface area contributed by atoms with Crippen LogP contribution < -0.4 is 11.1 Å². The summed E-state index contributed by atoms with van der Waals surface area (Å²) < 4.78 is 6.18. The molecule has 9 heteroatoms. The predicted octanol–water partition coefficient (Wildman–Crippen LogP) is 0.292. The number of hydrogen-bond acceptors (Lipinski definition) is 7. The molecule has 3 N–H and O–H groups in total. The first-order valence-electron chi connectivity index (χ1n) is 5.64. The van der Waals surface area contributed by atoms with Gasteiger partial charge in [-0.2, -0.15) is 0 Å². The van der Waals surface area contributed by atoms with Crippen LogP contribution in [-0.2, 0) is 16.1 Å². The lowest BCUT2D eigenvalue weighted by molar-refractivity contribution is -0.117. The topological polar surface area (TPSA) is 112 Å². The van der Waals surface area contributed by atoms with E-state index in [0.717, 1.165) is 0 Å². The van der Waals surface area contributed by atoms with Crippen LogP contribution in [-0.4, -0.2) is 39.6 Å². The van der Waals surface area contributed by atoms with Gasteiger partial charge in [0.2, 0.25) is 5.91 Å². The van der Waals surface area contributed by atoms with E-state index >= 15 is 0 Å². The number of methoxy groups -OCH3 is 1. The number of ether oxygens (including phenoxy) is 1. The van der Waals surface area contributed by atoms with E-state index in [2.05, 4.69) is 20.3 Å². The lowest BCUT2D eigenvalue weighted by Crippen LogP contribution is -2.31. The summed E-state index contributed by atoms with van der Waals surface area (Å²) in [4.78, 5) is 22.3. The molecule has 0 saturated heterocycles. The molecule has 0 bridgehead atoms. The molecule has 8 nitrogen and oxygen atoms in total. The number of thioether (sulfide) groups is 1. The largest absolute Gasteiger partial charge is 0.453 e. The molecule has 0 aliphatic rings. The van der Waals surface area contributed by atoms with Crippen LogP contribution in [0, 0.1) is 0 Å². The van der Waals surface area contributed by atoms with Crippen LogP contribution in [0.5, 0.6) is 0 Å². The third-order valence-electron chi connectivity index (χ3n) is 2.19. The van der Waals surface area contributed by atoms with Crippen molar-refractivity contribution in [2.45, 2.75) is 31.6 Å². The summed E-state index contributed by atoms with van der Waals surface area (Å²) in [6, 6.07) is 0.139. The van der Waals surface area contributed by atoms with Crippen LogP contribution >= 0.6 is 11.8 Å². The lowest BCUT2D eigenvalue weighted by Gasteiger charge is -2.12. The summed E-state index contributed by atoms with van der Waals surface area (Å²) >= 11 is 1.19. The molecule has 0 radical (unpaired) electrons. The van der Waals surface area contributed by atoms with Gasteiger partial charge in [-0.3, -0.25) is 10.1 Å². The van der Waals surface area contributed by atoms with Crippen molar-refractivity contribution in [2.24, 2.45) is 5.73 Å². The Balaban J connectivity index is 2.65. The average Bonchev–Trinajstić information content (AvgIpc) is 2.79. The number of rotatable bonds is 5. The summed E-state index contributed by atoms with van der Waals surface area (Å²) in [6.45, 7) is 4.22. The molecule has 106 valence electrons. The number of hydrogen-bond donors (Lipinski definition) is 2. The van der Waals surface area contributed by atoms with Crippen LogP contribution in [0.15, 0.2) is 5.16 Å². The number of aromatic nitrogens is 3. The molecule has 1 aromatic rings. The Hall–Kier alpha value is -1.61. The molecule has 1 heterocycles. The molecular weight excluding hydrogens is 270 g/mol. The highest BCUT2D eigenvalue weighted by atomic mass is 32.2. The minimum absolute atomic E-state index is 0.0462. The summed E-state index contributed by atoms with van der Waals surface area (Å²) in [5.74, 6) is 0.250. The normalized spacial score (nSPS) is 10.6. The molecule has 0 saturated carbocycles. The smallest absolute Gasteiger partial charge is 0.413 e. The quantitative estimate of drug-likeness (QED) is 0.748. The third-order valence-corrected chi connectivity index (χ3v) is 3.14. The average molecular weight is 287 g/mol. The second kappa shape index (κ2) is 7.10. The van der Waals surface area contributed by atoms with Crippen molar-refractivity contribution in [1.82, 2.24) is 20.1 Å². The highest BCUT2D eigenvalue weighted by Gasteiger charge is 2.16. The molecule has 0 fully saturated rings. The maximum Gasteiger partial charge on any atom is 0.413 e. The molecule has 2 amide bonds. The van der Waals surface area contributed by atoms with Gasteiger partial charge in [0.05, 0.1) is 19.4 Å². The Labute approximate surface area is 115 Å². The van der Waals surface area contributed by atoms with E-state index < -0.39 is 12.0 Å². The molecule has 0 atom stereocenters. The van der Waals surface area contributed by atoms with Crippen molar-refractivity contribution < 1.29 is 14.3 Å². The Morgan fingerprint density at radius 3 is 2.68 bits per heavy atom. The summed E-state index contributed by atoms with van der Waals surface area (Å²) in [5, 5.41) is 10.6. The van der Waals surface area contributed by atoms with Gasteiger partial charge in [0.15, 0.2) is 5.16 Å². The lowest BCUT2D eigenvalue weighted by atomic mass is 10.4. The monoisotopic (exact) mass is 287 g/mol. The zero-order valence-corrected chi connectivity index (χ0v) is 11.9. The van der Waals surface area contributed by atoms with Crippen molar-refractivity contribution in [3.8, 4) is 0 Å². The van der Waals surface area contributed by atoms with Crippen LogP contribution in [0.1, 0.15) is 25.7 Å². The maximum atomic E-state index is 11.4. The van der Waals surface area contributed by atoms with E-state index in [-0.39, 0.29) is 18.3 Å². The standard InChI is InChI=1S/C10H17N5O3S/c1-6(2)15-7(4-11)13-14-9(15)19-5-8(16)12-10(17)18-3/h6H,4-5,11H2,1-3H3,(H,12,16,17). The van der Waals surface area contributed by atoms with Gasteiger partial charge >= 0.3 is 6.09 Å². The van der Waals surface area contributed by atoms with E-state index in [0.29, 0.717) is 11.0 Å². The molecule has 19 heavy (non-hydrogen) atoms. The first-order valence-corrected chi connectivity index (χ1v) is 6.62. The summed E-state index contributed by atoms with van der Waals surface area (Å²) in [7, 11) is 1.19. The van der Waals surface area contributed by atoms with Crippen LogP contribution in [0.25, 0.3) is 0 Å². The SMILES string of the molecule is COC(=O)NC(=O)CSc1nnc(CN)n1C(C)C. The Kier molecular flexibility index (Phi) is 5.77. The first kappa shape index (κ1) is 15.4. The number of nitrogens with one attached hydrogen (secondary N) is 1. The molecule has 0 unspecified atom stereocenters. The fraction of sp³-hybridized carbons (Fsp3) is 0.600. The Bertz CT molecular complexity index is 460. The van der Waals surface area contributed by atoms with Crippen molar-refractivity contribution in [3.63, 3.8) is 0 Å². The summed E-state index contributed by atoms with van der Waals surface area (Å²) in [5.41, 5.74) is 5.57. The number of amides is 2. The number of carbonyl (C=O) groups is 2. The molecule has 0 spiro atoms. The van der Waals surface area contributed by atoms with Gasteiger partial charge in [-0.05, 0) is 13.8 Å². The van der Waals surface area contributed by atoms with Gasteiger partial charge in [0.1, 0.15) is 5.82 Å². The molecule has 0 aromatic carbocycles. The maximum absolute atomic E-state index is 11.4. The predicted molar refractivity (Wildman–Crippen MR) is 69.6 cm³/mol. The minimum Gasteiger partial charge on any atom is -0.453 e. The molecule has 1 aromatic heterocycles. The second-order valence-corrected chi connectivity index (χ2v) is 4.84. The van der Waals surface area contributed by atoms with E-state index in [9.17, 15) is 9.59 Å². The molecule has 0 aliphatic heterocycles. The van der Waals surface area contributed by atoms with Crippen LogP contribution in [0.3, 0.4) is 0 Å². The van der Waals surface area contributed by atoms with Gasteiger partial charge in [-0.1, -0.05) is 11.8 Å². The van der Waals surface area contributed by atoms with Gasteiger partial charge in [-0.25, -0.2) is 4.79 Å². The van der Waals surface area contributed by atoms with Crippen molar-refractivity contribution in [3.05, 3.63) is 5.82 Å². The highest BCUT2D eigenvalue weighted by molar-refractivity contribution is 7.99. The fourth-order valence-electron chi connectivity index (χ4n) is 1.39. The fourth-order valence-corrected chi connectivity index (χ4v) is 2.28. The molecule has 0 aliphatic carbocycles. The van der Waals surface area contributed by atoms with Crippen molar-refractivity contribution >= 4 is 23.8 Å². The van der Waals surface area contributed by atoms with Crippen molar-refractivity contribution in [1.29, 1.82) is 0 Å². The number of nitrogens with two attached hydrogens (primary N) is 1. The second-order valence-electron chi connectivity index (χ2n) is 3.90. The van der Waals surface area contributed by atoms with Crippen LogP contribution in [0.4, 0.5) is 4.79 Å². The van der Waals surface area contributed by atoms with Gasteiger partial charge in [0.25, 0.3) is 0 Å². The van der Waals surface area contributed by atoms with E-state index in [4.69, 9.17) is 5.73 Å². The zero-order valence-electron chi connectivity index (χ0n) is 11.0. The molecule has 1 rings (SSSR count). The number of carbonyl (C=O) groups excluding carboxylic acids is 2. The minimum atomic E-state index is -0.779.